The van der Waals surface area contributed by atoms with Crippen molar-refractivity contribution in [2.45, 2.75) is 25.7 Å². The minimum absolute atomic E-state index is 1.01. The van der Waals surface area contributed by atoms with Gasteiger partial charge in [0.2, 0.25) is 0 Å². The summed E-state index contributed by atoms with van der Waals surface area (Å²) in [7, 11) is 2.40. The van der Waals surface area contributed by atoms with Crippen LogP contribution in [0.25, 0.3) is 0 Å². The summed E-state index contributed by atoms with van der Waals surface area (Å²) in [6.45, 7) is 0. The van der Waals surface area contributed by atoms with Crippen molar-refractivity contribution in [1.82, 2.24) is 0 Å². The molecule has 0 saturated carbocycles. The van der Waals surface area contributed by atoms with Crippen molar-refractivity contribution in [3.63, 3.8) is 0 Å². The van der Waals surface area contributed by atoms with Crippen LogP contribution in [0, 0.1) is 0 Å². The highest BCUT2D eigenvalue weighted by Gasteiger charge is 2.42. The van der Waals surface area contributed by atoms with Crippen LogP contribution in [0.3, 0.4) is 0 Å². The van der Waals surface area contributed by atoms with E-state index in [-0.39, 0.29) is 0 Å². The molecule has 0 radical (unpaired) electrons. The van der Waals surface area contributed by atoms with E-state index in [4.69, 9.17) is 13.3 Å². The Kier molecular flexibility index (Phi) is 5.25. The van der Waals surface area contributed by atoms with Gasteiger partial charge in [-0.3, -0.25) is 0 Å². The van der Waals surface area contributed by atoms with E-state index in [1.54, 1.807) is 21.3 Å². The topological polar surface area (TPSA) is 27.7 Å². The van der Waals surface area contributed by atoms with Crippen LogP contribution in [0.2, 0.25) is 0 Å². The average molecular weight is 228 g/mol. The molecule has 1 aliphatic rings. The Morgan fingerprint density at radius 1 is 1.07 bits per heavy atom. The number of hydrogen-bond donors (Lipinski definition) is 0. The first-order valence-electron chi connectivity index (χ1n) is 5.30. The molecule has 0 saturated heterocycles. The van der Waals surface area contributed by atoms with Gasteiger partial charge < -0.3 is 13.3 Å². The maximum Gasteiger partial charge on any atom is 0.532 e. The van der Waals surface area contributed by atoms with E-state index in [0.29, 0.717) is 0 Å². The largest absolute Gasteiger partial charge is 0.532 e. The van der Waals surface area contributed by atoms with Crippen LogP contribution in [0.15, 0.2) is 23.4 Å². The molecule has 86 valence electrons. The standard InChI is InChI=1S/C11H20O3Si/c1-12-15(13-2,14-3)11-9-7-5-4-6-8-10-11/h5,7,9H,4,6,8,10H2,1-3H3. The zero-order valence-corrected chi connectivity index (χ0v) is 10.8. The highest BCUT2D eigenvalue weighted by atomic mass is 28.4. The van der Waals surface area contributed by atoms with Crippen molar-refractivity contribution in [2.24, 2.45) is 0 Å². The summed E-state index contributed by atoms with van der Waals surface area (Å²) in [6.07, 6.45) is 10.9. The fraction of sp³-hybridized carbons (Fsp3) is 0.636. The first-order chi connectivity index (χ1) is 7.29. The van der Waals surface area contributed by atoms with Crippen LogP contribution in [-0.4, -0.2) is 30.1 Å². The molecule has 4 heteroatoms. The Balaban J connectivity index is 2.88. The molecule has 0 aromatic rings. The van der Waals surface area contributed by atoms with Crippen molar-refractivity contribution in [2.75, 3.05) is 21.3 Å². The number of hydrogen-bond acceptors (Lipinski definition) is 3. The van der Waals surface area contributed by atoms with Crippen molar-refractivity contribution in [1.29, 1.82) is 0 Å². The smallest absolute Gasteiger partial charge is 0.374 e. The average Bonchev–Trinajstić information content (AvgIpc) is 2.23. The maximum absolute atomic E-state index is 5.46. The molecular weight excluding hydrogens is 208 g/mol. The van der Waals surface area contributed by atoms with Crippen LogP contribution in [0.1, 0.15) is 25.7 Å². The van der Waals surface area contributed by atoms with Gasteiger partial charge in [-0.2, -0.15) is 0 Å². The second kappa shape index (κ2) is 6.22. The van der Waals surface area contributed by atoms with Gasteiger partial charge in [-0.05, 0) is 25.7 Å². The normalized spacial score (nSPS) is 18.2. The first kappa shape index (κ1) is 12.6. The summed E-state index contributed by atoms with van der Waals surface area (Å²) in [6, 6.07) is 0. The highest BCUT2D eigenvalue weighted by Crippen LogP contribution is 2.24. The molecule has 15 heavy (non-hydrogen) atoms. The van der Waals surface area contributed by atoms with Crippen molar-refractivity contribution in [3.8, 4) is 0 Å². The maximum atomic E-state index is 5.46. The second-order valence-electron chi connectivity index (χ2n) is 3.53. The number of allylic oxidation sites excluding steroid dienone is 4. The van der Waals surface area contributed by atoms with Crippen LogP contribution < -0.4 is 0 Å². The second-order valence-corrected chi connectivity index (χ2v) is 6.51. The molecule has 0 spiro atoms. The molecule has 0 N–H and O–H groups in total. The van der Waals surface area contributed by atoms with Crippen LogP contribution in [0.4, 0.5) is 0 Å². The monoisotopic (exact) mass is 228 g/mol. The molecule has 0 bridgehead atoms. The van der Waals surface area contributed by atoms with Crippen LogP contribution in [-0.2, 0) is 13.3 Å². The van der Waals surface area contributed by atoms with Crippen molar-refractivity contribution in [3.05, 3.63) is 23.4 Å². The molecule has 0 atom stereocenters. The third-order valence-corrected chi connectivity index (χ3v) is 5.52. The van der Waals surface area contributed by atoms with E-state index in [2.05, 4.69) is 18.2 Å². The zero-order chi connectivity index (χ0) is 11.1. The predicted octanol–water partition coefficient (Wildman–Crippen LogP) is 2.46. The van der Waals surface area contributed by atoms with E-state index in [1.165, 1.54) is 18.0 Å². The lowest BCUT2D eigenvalue weighted by atomic mass is 10.1. The summed E-state index contributed by atoms with van der Waals surface area (Å²) < 4.78 is 16.4. The summed E-state index contributed by atoms with van der Waals surface area (Å²) >= 11 is 0. The molecule has 3 nitrogen and oxygen atoms in total. The van der Waals surface area contributed by atoms with Crippen molar-refractivity contribution < 1.29 is 13.3 Å². The minimum atomic E-state index is -2.56. The fourth-order valence-electron chi connectivity index (χ4n) is 1.84. The van der Waals surface area contributed by atoms with Gasteiger partial charge in [-0.25, -0.2) is 0 Å². The Labute approximate surface area is 93.1 Å². The van der Waals surface area contributed by atoms with Gasteiger partial charge in [0.15, 0.2) is 0 Å². The minimum Gasteiger partial charge on any atom is -0.374 e. The summed E-state index contributed by atoms with van der Waals surface area (Å²) in [4.78, 5) is 0. The molecule has 0 aromatic carbocycles. The van der Waals surface area contributed by atoms with E-state index >= 15 is 0 Å². The van der Waals surface area contributed by atoms with Crippen LogP contribution in [0.5, 0.6) is 0 Å². The molecule has 0 heterocycles. The highest BCUT2D eigenvalue weighted by molar-refractivity contribution is 6.68. The molecule has 1 rings (SSSR count). The van der Waals surface area contributed by atoms with Gasteiger partial charge in [0.1, 0.15) is 0 Å². The van der Waals surface area contributed by atoms with Gasteiger partial charge in [0.05, 0.1) is 0 Å². The molecule has 0 fully saturated rings. The lowest BCUT2D eigenvalue weighted by Crippen LogP contribution is -2.45. The zero-order valence-electron chi connectivity index (χ0n) is 9.79. The van der Waals surface area contributed by atoms with E-state index in [1.807, 2.05) is 0 Å². The third-order valence-electron chi connectivity index (χ3n) is 2.70. The summed E-state index contributed by atoms with van der Waals surface area (Å²) in [5, 5.41) is 1.17. The van der Waals surface area contributed by atoms with Gasteiger partial charge in [-0.15, -0.1) is 0 Å². The summed E-state index contributed by atoms with van der Waals surface area (Å²) in [5.74, 6) is 0. The number of rotatable bonds is 4. The molecular formula is C11H20O3Si. The predicted molar refractivity (Wildman–Crippen MR) is 62.5 cm³/mol. The van der Waals surface area contributed by atoms with Crippen LogP contribution >= 0.6 is 0 Å². The Bertz CT molecular complexity index is 236. The van der Waals surface area contributed by atoms with Gasteiger partial charge in [0.25, 0.3) is 0 Å². The molecule has 1 aliphatic carbocycles. The quantitative estimate of drug-likeness (QED) is 0.692. The Morgan fingerprint density at radius 3 is 2.33 bits per heavy atom. The fourth-order valence-corrected chi connectivity index (χ4v) is 3.91. The SMILES string of the molecule is CO[Si](OC)(OC)C1=CC=CCCCC1. The third kappa shape index (κ3) is 3.01. The van der Waals surface area contributed by atoms with Gasteiger partial charge >= 0.3 is 8.80 Å². The van der Waals surface area contributed by atoms with Gasteiger partial charge in [-0.1, -0.05) is 18.2 Å². The van der Waals surface area contributed by atoms with Crippen molar-refractivity contribution >= 4 is 8.80 Å². The van der Waals surface area contributed by atoms with E-state index < -0.39 is 8.80 Å². The first-order valence-corrected chi connectivity index (χ1v) is 7.03. The molecule has 0 aromatic heterocycles. The van der Waals surface area contributed by atoms with E-state index in [0.717, 1.165) is 12.8 Å². The lowest BCUT2D eigenvalue weighted by Gasteiger charge is -2.27. The molecule has 0 amide bonds. The summed E-state index contributed by atoms with van der Waals surface area (Å²) in [5.41, 5.74) is 0. The Morgan fingerprint density at radius 2 is 1.73 bits per heavy atom. The lowest BCUT2D eigenvalue weighted by molar-refractivity contribution is 0.133. The van der Waals surface area contributed by atoms with Gasteiger partial charge in [0, 0.05) is 26.5 Å². The Hall–Kier alpha value is -0.423. The molecule has 0 unspecified atom stereocenters. The molecule has 0 aliphatic heterocycles. The van der Waals surface area contributed by atoms with E-state index in [9.17, 15) is 0 Å².